The third kappa shape index (κ3) is 5.44. The van der Waals surface area contributed by atoms with Crippen LogP contribution >= 0.6 is 35.6 Å². The molecule has 1 aromatic rings. The number of benzene rings is 1. The molecule has 0 atom stereocenters. The van der Waals surface area contributed by atoms with Gasteiger partial charge in [-0.1, -0.05) is 23.7 Å². The summed E-state index contributed by atoms with van der Waals surface area (Å²) in [6.07, 6.45) is 2.50. The predicted octanol–water partition coefficient (Wildman–Crippen LogP) is 3.18. The van der Waals surface area contributed by atoms with E-state index in [1.54, 1.807) is 0 Å². The summed E-state index contributed by atoms with van der Waals surface area (Å²) in [4.78, 5) is 4.54. The molecule has 1 aliphatic carbocycles. The molecule has 1 aromatic carbocycles. The van der Waals surface area contributed by atoms with Gasteiger partial charge >= 0.3 is 0 Å². The number of hydrogen-bond acceptors (Lipinski definition) is 1. The fourth-order valence-electron chi connectivity index (χ4n) is 1.55. The minimum atomic E-state index is 0. The second-order valence-corrected chi connectivity index (χ2v) is 4.68. The molecule has 3 nitrogen and oxygen atoms in total. The summed E-state index contributed by atoms with van der Waals surface area (Å²) in [5.74, 6) is 0.898. The maximum absolute atomic E-state index is 5.94. The fourth-order valence-corrected chi connectivity index (χ4v) is 1.76. The van der Waals surface area contributed by atoms with E-state index < -0.39 is 0 Å². The molecule has 1 saturated carbocycles. The van der Waals surface area contributed by atoms with Crippen molar-refractivity contribution in [3.05, 3.63) is 34.9 Å². The minimum Gasteiger partial charge on any atom is -0.357 e. The molecule has 0 aliphatic heterocycles. The van der Waals surface area contributed by atoms with Gasteiger partial charge in [-0.25, -0.2) is 4.99 Å². The van der Waals surface area contributed by atoms with E-state index in [-0.39, 0.29) is 24.0 Å². The second-order valence-electron chi connectivity index (χ2n) is 4.24. The Morgan fingerprint density at radius 1 is 1.44 bits per heavy atom. The van der Waals surface area contributed by atoms with Gasteiger partial charge in [0.1, 0.15) is 0 Å². The summed E-state index contributed by atoms with van der Waals surface area (Å²) in [6.45, 7) is 3.61. The zero-order valence-electron chi connectivity index (χ0n) is 10.4. The molecule has 0 aromatic heterocycles. The predicted molar refractivity (Wildman–Crippen MR) is 87.8 cm³/mol. The van der Waals surface area contributed by atoms with Gasteiger partial charge < -0.3 is 10.6 Å². The lowest BCUT2D eigenvalue weighted by atomic mass is 10.2. The molecule has 18 heavy (non-hydrogen) atoms. The van der Waals surface area contributed by atoms with Crippen LogP contribution in [-0.4, -0.2) is 18.5 Å². The van der Waals surface area contributed by atoms with Crippen molar-refractivity contribution in [3.8, 4) is 0 Å². The molecule has 0 unspecified atom stereocenters. The summed E-state index contributed by atoms with van der Waals surface area (Å²) < 4.78 is 0. The third-order valence-electron chi connectivity index (χ3n) is 2.57. The lowest BCUT2D eigenvalue weighted by Gasteiger charge is -2.10. The van der Waals surface area contributed by atoms with E-state index in [0.29, 0.717) is 12.6 Å². The number of nitrogens with one attached hydrogen (secondary N) is 2. The van der Waals surface area contributed by atoms with Crippen LogP contribution in [0.1, 0.15) is 25.3 Å². The molecule has 5 heteroatoms. The molecule has 2 rings (SSSR count). The highest BCUT2D eigenvalue weighted by molar-refractivity contribution is 14.0. The molecule has 1 fully saturated rings. The second kappa shape index (κ2) is 7.84. The van der Waals surface area contributed by atoms with Crippen molar-refractivity contribution >= 4 is 41.5 Å². The van der Waals surface area contributed by atoms with Crippen LogP contribution < -0.4 is 10.6 Å². The molecule has 1 aliphatic rings. The monoisotopic (exact) mass is 379 g/mol. The van der Waals surface area contributed by atoms with Crippen molar-refractivity contribution in [2.75, 3.05) is 6.54 Å². The number of rotatable bonds is 4. The first-order valence-electron chi connectivity index (χ1n) is 6.07. The number of halogens is 2. The van der Waals surface area contributed by atoms with Crippen LogP contribution in [-0.2, 0) is 6.54 Å². The first kappa shape index (κ1) is 15.6. The van der Waals surface area contributed by atoms with Gasteiger partial charge in [-0.3, -0.25) is 0 Å². The highest BCUT2D eigenvalue weighted by atomic mass is 127. The first-order valence-corrected chi connectivity index (χ1v) is 6.45. The third-order valence-corrected chi connectivity index (χ3v) is 2.81. The number of hydrogen-bond donors (Lipinski definition) is 2. The topological polar surface area (TPSA) is 36.4 Å². The van der Waals surface area contributed by atoms with E-state index in [4.69, 9.17) is 11.6 Å². The highest BCUT2D eigenvalue weighted by Gasteiger charge is 2.21. The van der Waals surface area contributed by atoms with Gasteiger partial charge in [-0.05, 0) is 37.5 Å². The smallest absolute Gasteiger partial charge is 0.191 e. The minimum absolute atomic E-state index is 0. The molecular weight excluding hydrogens is 361 g/mol. The first-order chi connectivity index (χ1) is 8.28. The van der Waals surface area contributed by atoms with E-state index >= 15 is 0 Å². The molecule has 0 bridgehead atoms. The zero-order valence-corrected chi connectivity index (χ0v) is 13.5. The van der Waals surface area contributed by atoms with E-state index in [9.17, 15) is 0 Å². The molecule has 0 amide bonds. The summed E-state index contributed by atoms with van der Waals surface area (Å²) >= 11 is 5.94. The van der Waals surface area contributed by atoms with E-state index in [1.165, 1.54) is 12.8 Å². The molecule has 0 heterocycles. The maximum atomic E-state index is 5.94. The van der Waals surface area contributed by atoms with Crippen molar-refractivity contribution in [1.29, 1.82) is 0 Å². The summed E-state index contributed by atoms with van der Waals surface area (Å²) in [5, 5.41) is 7.39. The summed E-state index contributed by atoms with van der Waals surface area (Å²) in [7, 11) is 0. The summed E-state index contributed by atoms with van der Waals surface area (Å²) in [5.41, 5.74) is 1.13. The van der Waals surface area contributed by atoms with Gasteiger partial charge in [-0.2, -0.15) is 0 Å². The quantitative estimate of drug-likeness (QED) is 0.479. The Labute approximate surface area is 130 Å². The SMILES string of the molecule is CCNC(=NCc1cccc(Cl)c1)NC1CC1.I. The average molecular weight is 380 g/mol. The Bertz CT molecular complexity index is 405. The Balaban J connectivity index is 0.00000162. The lowest BCUT2D eigenvalue weighted by molar-refractivity contribution is 0.812. The Kier molecular flexibility index (Phi) is 6.78. The molecular formula is C13H19ClIN3. The van der Waals surface area contributed by atoms with Crippen LogP contribution in [0.3, 0.4) is 0 Å². The van der Waals surface area contributed by atoms with Crippen LogP contribution in [0.15, 0.2) is 29.3 Å². The van der Waals surface area contributed by atoms with Crippen LogP contribution in [0.25, 0.3) is 0 Å². The Morgan fingerprint density at radius 2 is 2.22 bits per heavy atom. The van der Waals surface area contributed by atoms with Crippen LogP contribution in [0.2, 0.25) is 5.02 Å². The van der Waals surface area contributed by atoms with Crippen LogP contribution in [0.4, 0.5) is 0 Å². The van der Waals surface area contributed by atoms with E-state index in [0.717, 1.165) is 23.1 Å². The number of guanidine groups is 1. The van der Waals surface area contributed by atoms with Crippen molar-refractivity contribution in [3.63, 3.8) is 0 Å². The van der Waals surface area contributed by atoms with Gasteiger partial charge in [0.15, 0.2) is 5.96 Å². The highest BCUT2D eigenvalue weighted by Crippen LogP contribution is 2.18. The fraction of sp³-hybridized carbons (Fsp3) is 0.462. The molecule has 0 saturated heterocycles. The van der Waals surface area contributed by atoms with Gasteiger partial charge in [0.2, 0.25) is 0 Å². The standard InChI is InChI=1S/C13H18ClN3.HI/c1-2-15-13(17-12-6-7-12)16-9-10-4-3-5-11(14)8-10;/h3-5,8,12H,2,6-7,9H2,1H3,(H2,15,16,17);1H. The van der Waals surface area contributed by atoms with E-state index in [1.807, 2.05) is 24.3 Å². The Morgan fingerprint density at radius 3 is 2.83 bits per heavy atom. The normalized spacial score (nSPS) is 14.9. The van der Waals surface area contributed by atoms with Gasteiger partial charge in [-0.15, -0.1) is 24.0 Å². The Hall–Kier alpha value is -0.490. The average Bonchev–Trinajstić information content (AvgIpc) is 3.10. The zero-order chi connectivity index (χ0) is 12.1. The van der Waals surface area contributed by atoms with Crippen molar-refractivity contribution in [2.24, 2.45) is 4.99 Å². The molecule has 100 valence electrons. The van der Waals surface area contributed by atoms with Gasteiger partial charge in [0.05, 0.1) is 6.54 Å². The molecule has 0 spiro atoms. The lowest BCUT2D eigenvalue weighted by Crippen LogP contribution is -2.38. The largest absolute Gasteiger partial charge is 0.357 e. The number of aliphatic imine (C=N–C) groups is 1. The van der Waals surface area contributed by atoms with Gasteiger partial charge in [0, 0.05) is 17.6 Å². The van der Waals surface area contributed by atoms with Crippen LogP contribution in [0.5, 0.6) is 0 Å². The van der Waals surface area contributed by atoms with Crippen molar-refractivity contribution < 1.29 is 0 Å². The van der Waals surface area contributed by atoms with Crippen molar-refractivity contribution in [1.82, 2.24) is 10.6 Å². The van der Waals surface area contributed by atoms with Crippen molar-refractivity contribution in [2.45, 2.75) is 32.4 Å². The van der Waals surface area contributed by atoms with Gasteiger partial charge in [0.25, 0.3) is 0 Å². The van der Waals surface area contributed by atoms with E-state index in [2.05, 4.69) is 22.5 Å². The molecule has 2 N–H and O–H groups in total. The number of nitrogens with zero attached hydrogens (tertiary/aromatic N) is 1. The molecule has 0 radical (unpaired) electrons. The maximum Gasteiger partial charge on any atom is 0.191 e. The van der Waals surface area contributed by atoms with Crippen LogP contribution in [0, 0.1) is 0 Å². The summed E-state index contributed by atoms with van der Waals surface area (Å²) in [6, 6.07) is 8.44.